The molecule has 2 heterocycles. The van der Waals surface area contributed by atoms with Crippen LogP contribution in [0.3, 0.4) is 0 Å². The fraction of sp³-hybridized carbons (Fsp3) is 0.450. The lowest BCUT2D eigenvalue weighted by Gasteiger charge is -2.25. The SMILES string of the molecule is C[C@@H](c1nc2ccccc2s1)N(C)C(=O)CN1C(=O)C(=O)N(C2CCCC2)C1=O. The summed E-state index contributed by atoms with van der Waals surface area (Å²) in [6, 6.07) is 6.48. The first-order valence-electron chi connectivity index (χ1n) is 9.68. The Morgan fingerprint density at radius 3 is 2.59 bits per heavy atom. The predicted molar refractivity (Wildman–Crippen MR) is 107 cm³/mol. The number of aromatic nitrogens is 1. The molecular formula is C20H22N4O4S. The minimum atomic E-state index is -0.920. The molecule has 2 aliphatic rings. The number of carbonyl (C=O) groups excluding carboxylic acids is 4. The highest BCUT2D eigenvalue weighted by Crippen LogP contribution is 2.30. The second-order valence-corrected chi connectivity index (χ2v) is 8.55. The third kappa shape index (κ3) is 3.39. The molecule has 2 fully saturated rings. The molecule has 1 aromatic carbocycles. The van der Waals surface area contributed by atoms with Gasteiger partial charge in [0, 0.05) is 13.1 Å². The minimum absolute atomic E-state index is 0.238. The number of thiazole rings is 1. The van der Waals surface area contributed by atoms with Crippen molar-refractivity contribution in [1.82, 2.24) is 19.7 Å². The van der Waals surface area contributed by atoms with Gasteiger partial charge in [-0.05, 0) is 31.9 Å². The fourth-order valence-corrected chi connectivity index (χ4v) is 4.91. The molecule has 0 unspecified atom stereocenters. The Balaban J connectivity index is 1.47. The number of hydrogen-bond donors (Lipinski definition) is 0. The first-order chi connectivity index (χ1) is 13.9. The average molecular weight is 414 g/mol. The van der Waals surface area contributed by atoms with Crippen molar-refractivity contribution in [2.24, 2.45) is 0 Å². The van der Waals surface area contributed by atoms with Crippen LogP contribution >= 0.6 is 11.3 Å². The zero-order chi connectivity index (χ0) is 20.7. The van der Waals surface area contributed by atoms with Gasteiger partial charge >= 0.3 is 17.8 Å². The molecule has 4 rings (SSSR count). The van der Waals surface area contributed by atoms with Crippen LogP contribution in [-0.2, 0) is 14.4 Å². The van der Waals surface area contributed by atoms with E-state index in [0.29, 0.717) is 12.8 Å². The van der Waals surface area contributed by atoms with E-state index in [4.69, 9.17) is 0 Å². The number of likely N-dealkylation sites (N-methyl/N-ethyl adjacent to an activating group) is 1. The molecule has 1 aliphatic carbocycles. The third-order valence-corrected chi connectivity index (χ3v) is 6.92. The summed E-state index contributed by atoms with van der Waals surface area (Å²) in [4.78, 5) is 57.9. The Kier molecular flexibility index (Phi) is 5.08. The van der Waals surface area contributed by atoms with Gasteiger partial charge in [-0.2, -0.15) is 0 Å². The Morgan fingerprint density at radius 2 is 1.90 bits per heavy atom. The number of urea groups is 1. The van der Waals surface area contributed by atoms with Crippen LogP contribution in [0.4, 0.5) is 4.79 Å². The van der Waals surface area contributed by atoms with Crippen LogP contribution < -0.4 is 0 Å². The van der Waals surface area contributed by atoms with Crippen LogP contribution in [0.2, 0.25) is 0 Å². The Labute approximate surface area is 172 Å². The summed E-state index contributed by atoms with van der Waals surface area (Å²) in [6.07, 6.45) is 3.27. The molecule has 1 aromatic heterocycles. The van der Waals surface area contributed by atoms with Gasteiger partial charge in [0.15, 0.2) is 0 Å². The van der Waals surface area contributed by atoms with Gasteiger partial charge in [0.05, 0.1) is 16.3 Å². The Bertz CT molecular complexity index is 964. The van der Waals surface area contributed by atoms with Crippen molar-refractivity contribution >= 4 is 45.3 Å². The van der Waals surface area contributed by atoms with Crippen LogP contribution in [0.15, 0.2) is 24.3 Å². The van der Waals surface area contributed by atoms with Gasteiger partial charge in [0.2, 0.25) is 5.91 Å². The first-order valence-corrected chi connectivity index (χ1v) is 10.5. The van der Waals surface area contributed by atoms with Gasteiger partial charge in [-0.25, -0.2) is 14.7 Å². The topological polar surface area (TPSA) is 90.9 Å². The number of benzene rings is 1. The van der Waals surface area contributed by atoms with Crippen molar-refractivity contribution in [3.05, 3.63) is 29.3 Å². The molecule has 9 heteroatoms. The number of hydrogen-bond acceptors (Lipinski definition) is 6. The largest absolute Gasteiger partial charge is 0.335 e. The van der Waals surface area contributed by atoms with E-state index in [0.717, 1.165) is 37.9 Å². The lowest BCUT2D eigenvalue weighted by atomic mass is 10.2. The molecule has 0 radical (unpaired) electrons. The van der Waals surface area contributed by atoms with Gasteiger partial charge in [-0.3, -0.25) is 19.3 Å². The maximum atomic E-state index is 12.8. The van der Waals surface area contributed by atoms with Crippen LogP contribution in [-0.4, -0.2) is 63.1 Å². The highest BCUT2D eigenvalue weighted by atomic mass is 32.1. The molecule has 1 saturated heterocycles. The predicted octanol–water partition coefficient (Wildman–Crippen LogP) is 2.55. The van der Waals surface area contributed by atoms with E-state index in [1.54, 1.807) is 7.05 Å². The number of imide groups is 2. The Hall–Kier alpha value is -2.81. The van der Waals surface area contributed by atoms with Crippen molar-refractivity contribution in [3.63, 3.8) is 0 Å². The average Bonchev–Trinajstić information content (AvgIpc) is 3.43. The van der Waals surface area contributed by atoms with Gasteiger partial charge in [0.1, 0.15) is 11.6 Å². The van der Waals surface area contributed by atoms with E-state index in [2.05, 4.69) is 4.98 Å². The normalized spacial score (nSPS) is 18.9. The smallest absolute Gasteiger partial charge is 0.334 e. The zero-order valence-corrected chi connectivity index (χ0v) is 17.1. The molecule has 0 bridgehead atoms. The number of nitrogens with zero attached hydrogens (tertiary/aromatic N) is 4. The van der Waals surface area contributed by atoms with Crippen LogP contribution in [0.1, 0.15) is 43.7 Å². The second-order valence-electron chi connectivity index (χ2n) is 7.49. The van der Waals surface area contributed by atoms with Crippen molar-refractivity contribution in [2.75, 3.05) is 13.6 Å². The molecule has 1 atom stereocenters. The number of amides is 5. The van der Waals surface area contributed by atoms with Crippen LogP contribution in [0, 0.1) is 0 Å². The monoisotopic (exact) mass is 414 g/mol. The summed E-state index contributed by atoms with van der Waals surface area (Å²) >= 11 is 1.50. The fourth-order valence-electron chi connectivity index (χ4n) is 3.84. The molecule has 0 N–H and O–H groups in total. The van der Waals surface area contributed by atoms with Crippen LogP contribution in [0.25, 0.3) is 10.2 Å². The number of para-hydroxylation sites is 1. The summed E-state index contributed by atoms with van der Waals surface area (Å²) < 4.78 is 1.03. The van der Waals surface area contributed by atoms with Crippen molar-refractivity contribution in [3.8, 4) is 0 Å². The molecule has 0 spiro atoms. The number of fused-ring (bicyclic) bond motifs is 1. The third-order valence-electron chi connectivity index (χ3n) is 5.71. The molecule has 5 amide bonds. The quantitative estimate of drug-likeness (QED) is 0.554. The lowest BCUT2D eigenvalue weighted by molar-refractivity contribution is -0.145. The highest BCUT2D eigenvalue weighted by molar-refractivity contribution is 7.18. The standard InChI is InChI=1S/C20H22N4O4S/c1-12(17-21-14-9-5-6-10-15(14)29-17)22(2)16(25)11-23-18(26)19(27)24(20(23)28)13-7-3-4-8-13/h5-6,9-10,12-13H,3-4,7-8,11H2,1-2H3/t12-/m0/s1. The van der Waals surface area contributed by atoms with Crippen LogP contribution in [0.5, 0.6) is 0 Å². The summed E-state index contributed by atoms with van der Waals surface area (Å²) in [6.45, 7) is 1.40. The van der Waals surface area contributed by atoms with Crippen molar-refractivity contribution in [1.29, 1.82) is 0 Å². The zero-order valence-electron chi connectivity index (χ0n) is 16.3. The highest BCUT2D eigenvalue weighted by Gasteiger charge is 2.48. The van der Waals surface area contributed by atoms with E-state index in [1.165, 1.54) is 16.2 Å². The van der Waals surface area contributed by atoms with Gasteiger partial charge in [-0.1, -0.05) is 25.0 Å². The van der Waals surface area contributed by atoms with E-state index >= 15 is 0 Å². The van der Waals surface area contributed by atoms with Crippen molar-refractivity contribution < 1.29 is 19.2 Å². The van der Waals surface area contributed by atoms with Gasteiger partial charge in [0.25, 0.3) is 0 Å². The molecule has 8 nitrogen and oxygen atoms in total. The van der Waals surface area contributed by atoms with Crippen molar-refractivity contribution in [2.45, 2.75) is 44.7 Å². The minimum Gasteiger partial charge on any atom is -0.335 e. The second kappa shape index (κ2) is 7.55. The maximum absolute atomic E-state index is 12.8. The number of rotatable bonds is 5. The molecule has 29 heavy (non-hydrogen) atoms. The summed E-state index contributed by atoms with van der Waals surface area (Å²) in [5.74, 6) is -2.16. The summed E-state index contributed by atoms with van der Waals surface area (Å²) in [5, 5.41) is 0.768. The van der Waals surface area contributed by atoms with Gasteiger partial charge in [-0.15, -0.1) is 11.3 Å². The molecular weight excluding hydrogens is 392 g/mol. The summed E-state index contributed by atoms with van der Waals surface area (Å²) in [5.41, 5.74) is 0.864. The molecule has 1 saturated carbocycles. The molecule has 152 valence electrons. The van der Waals surface area contributed by atoms with E-state index in [9.17, 15) is 19.2 Å². The summed E-state index contributed by atoms with van der Waals surface area (Å²) in [7, 11) is 1.61. The lowest BCUT2D eigenvalue weighted by Crippen LogP contribution is -2.44. The molecule has 1 aliphatic heterocycles. The maximum Gasteiger partial charge on any atom is 0.334 e. The van der Waals surface area contributed by atoms with E-state index in [-0.39, 0.29) is 12.1 Å². The Morgan fingerprint density at radius 1 is 1.21 bits per heavy atom. The number of carbonyl (C=O) groups is 4. The first kappa shape index (κ1) is 19.5. The van der Waals surface area contributed by atoms with E-state index < -0.39 is 30.3 Å². The van der Waals surface area contributed by atoms with E-state index in [1.807, 2.05) is 31.2 Å². The van der Waals surface area contributed by atoms with Gasteiger partial charge < -0.3 is 4.90 Å². The molecule has 2 aromatic rings.